The molecule has 1 atom stereocenters. The number of anilines is 2. The zero-order valence-corrected chi connectivity index (χ0v) is 16.3. The summed E-state index contributed by atoms with van der Waals surface area (Å²) in [5, 5.41) is 10.6. The summed E-state index contributed by atoms with van der Waals surface area (Å²) in [6.07, 6.45) is 0.300. The second-order valence-corrected chi connectivity index (χ2v) is 8.29. The Morgan fingerprint density at radius 3 is 2.70 bits per heavy atom. The van der Waals surface area contributed by atoms with Crippen LogP contribution in [0.5, 0.6) is 0 Å². The molecule has 0 saturated heterocycles. The normalized spacial score (nSPS) is 16.8. The van der Waals surface area contributed by atoms with Crippen LogP contribution in [0.1, 0.15) is 49.7 Å². The first-order valence-electron chi connectivity index (χ1n) is 8.70. The van der Waals surface area contributed by atoms with E-state index in [1.807, 2.05) is 5.38 Å². The molecule has 2 heterocycles. The largest absolute Gasteiger partial charge is 0.340 e. The number of aromatic nitrogens is 1. The number of hydrogen-bond acceptors (Lipinski definition) is 5. The van der Waals surface area contributed by atoms with Gasteiger partial charge in [0, 0.05) is 17.2 Å². The maximum absolute atomic E-state index is 12.3. The van der Waals surface area contributed by atoms with Crippen molar-refractivity contribution in [3.05, 3.63) is 40.9 Å². The maximum atomic E-state index is 12.3. The number of para-hydroxylation sites is 1. The monoisotopic (exact) mass is 386 g/mol. The van der Waals surface area contributed by atoms with Crippen LogP contribution >= 0.6 is 11.3 Å². The molecule has 0 saturated carbocycles. The number of carbonyl (C=O) groups is 3. The molecule has 1 aliphatic heterocycles. The van der Waals surface area contributed by atoms with Gasteiger partial charge in [-0.2, -0.15) is 0 Å². The number of benzene rings is 1. The van der Waals surface area contributed by atoms with Crippen LogP contribution in [0.25, 0.3) is 0 Å². The van der Waals surface area contributed by atoms with Gasteiger partial charge in [-0.3, -0.25) is 14.4 Å². The Morgan fingerprint density at radius 2 is 2.00 bits per heavy atom. The molecule has 3 rings (SSSR count). The van der Waals surface area contributed by atoms with Crippen molar-refractivity contribution in [1.29, 1.82) is 0 Å². The third-order valence-corrected chi connectivity index (χ3v) is 4.99. The van der Waals surface area contributed by atoms with Crippen molar-refractivity contribution in [1.82, 2.24) is 10.3 Å². The van der Waals surface area contributed by atoms with Crippen LogP contribution in [0, 0.1) is 0 Å². The minimum atomic E-state index is -0.767. The van der Waals surface area contributed by atoms with Gasteiger partial charge in [0.2, 0.25) is 11.8 Å². The van der Waals surface area contributed by atoms with Gasteiger partial charge in [-0.1, -0.05) is 32.9 Å². The first-order valence-corrected chi connectivity index (χ1v) is 9.58. The fourth-order valence-corrected chi connectivity index (χ4v) is 3.60. The lowest BCUT2D eigenvalue weighted by molar-refractivity contribution is -0.118. The molecule has 2 aromatic rings. The highest BCUT2D eigenvalue weighted by Crippen LogP contribution is 2.26. The van der Waals surface area contributed by atoms with Gasteiger partial charge in [0.25, 0.3) is 5.91 Å². The molecule has 27 heavy (non-hydrogen) atoms. The number of nitrogens with one attached hydrogen (secondary N) is 3. The van der Waals surface area contributed by atoms with Crippen LogP contribution in [0.4, 0.5) is 10.8 Å². The van der Waals surface area contributed by atoms with Gasteiger partial charge in [0.15, 0.2) is 5.13 Å². The van der Waals surface area contributed by atoms with Crippen LogP contribution in [-0.2, 0) is 15.0 Å². The average Bonchev–Trinajstić information content (AvgIpc) is 3.03. The van der Waals surface area contributed by atoms with Gasteiger partial charge < -0.3 is 16.0 Å². The summed E-state index contributed by atoms with van der Waals surface area (Å²) in [5.41, 5.74) is 1.72. The number of rotatable bonds is 4. The van der Waals surface area contributed by atoms with Crippen LogP contribution in [0.15, 0.2) is 29.6 Å². The topological polar surface area (TPSA) is 100 Å². The Hall–Kier alpha value is -2.74. The van der Waals surface area contributed by atoms with Crippen molar-refractivity contribution >= 4 is 39.9 Å². The van der Waals surface area contributed by atoms with Gasteiger partial charge in [-0.05, 0) is 18.6 Å². The second-order valence-electron chi connectivity index (χ2n) is 7.44. The van der Waals surface area contributed by atoms with Crippen molar-refractivity contribution < 1.29 is 14.4 Å². The number of carbonyl (C=O) groups excluding carboxylic acids is 3. The lowest BCUT2D eigenvalue weighted by Crippen LogP contribution is -2.41. The van der Waals surface area contributed by atoms with Gasteiger partial charge in [0.05, 0.1) is 16.9 Å². The molecule has 1 aromatic heterocycles. The smallest absolute Gasteiger partial charge is 0.254 e. The van der Waals surface area contributed by atoms with Crippen LogP contribution in [0.3, 0.4) is 0 Å². The van der Waals surface area contributed by atoms with Crippen molar-refractivity contribution in [3.63, 3.8) is 0 Å². The first-order chi connectivity index (χ1) is 12.7. The van der Waals surface area contributed by atoms with Crippen LogP contribution in [0.2, 0.25) is 0 Å². The van der Waals surface area contributed by atoms with Crippen molar-refractivity contribution in [2.45, 2.75) is 45.1 Å². The minimum absolute atomic E-state index is 0.0861. The Kier molecular flexibility index (Phi) is 5.27. The van der Waals surface area contributed by atoms with E-state index in [-0.39, 0.29) is 36.0 Å². The summed E-state index contributed by atoms with van der Waals surface area (Å²) in [7, 11) is 0. The quantitative estimate of drug-likeness (QED) is 0.752. The van der Waals surface area contributed by atoms with Gasteiger partial charge >= 0.3 is 0 Å². The van der Waals surface area contributed by atoms with Gasteiger partial charge in [-0.15, -0.1) is 11.3 Å². The molecule has 0 bridgehead atoms. The summed E-state index contributed by atoms with van der Waals surface area (Å²) in [5.74, 6) is -0.900. The standard InChI is InChI=1S/C19H22N4O3S/c1-19(2,3)14-10-27-18(22-14)23-15(24)9-8-13-17(26)20-12-7-5-4-6-11(12)16(25)21-13/h4-7,10,13H,8-9H2,1-3H3,(H,20,26)(H,21,25)(H,22,23,24)/t13-/m0/s1. The van der Waals surface area contributed by atoms with Crippen LogP contribution in [-0.4, -0.2) is 28.7 Å². The minimum Gasteiger partial charge on any atom is -0.340 e. The number of nitrogens with zero attached hydrogens (tertiary/aromatic N) is 1. The lowest BCUT2D eigenvalue weighted by Gasteiger charge is -2.14. The van der Waals surface area contributed by atoms with E-state index in [4.69, 9.17) is 0 Å². The molecular weight excluding hydrogens is 364 g/mol. The molecule has 0 unspecified atom stereocenters. The summed E-state index contributed by atoms with van der Waals surface area (Å²) < 4.78 is 0. The molecule has 142 valence electrons. The summed E-state index contributed by atoms with van der Waals surface area (Å²) in [4.78, 5) is 41.3. The zero-order valence-electron chi connectivity index (χ0n) is 15.5. The molecule has 3 N–H and O–H groups in total. The van der Waals surface area contributed by atoms with E-state index in [1.165, 1.54) is 11.3 Å². The summed E-state index contributed by atoms with van der Waals surface area (Å²) in [6, 6.07) is 6.04. The van der Waals surface area contributed by atoms with Crippen molar-refractivity contribution in [3.8, 4) is 0 Å². The fourth-order valence-electron chi connectivity index (χ4n) is 2.65. The van der Waals surface area contributed by atoms with E-state index in [1.54, 1.807) is 24.3 Å². The molecule has 1 aromatic carbocycles. The molecule has 3 amide bonds. The van der Waals surface area contributed by atoms with E-state index in [0.717, 1.165) is 5.69 Å². The molecule has 0 aliphatic carbocycles. The number of amides is 3. The predicted octanol–water partition coefficient (Wildman–Crippen LogP) is 2.91. The molecule has 0 radical (unpaired) electrons. The Morgan fingerprint density at radius 1 is 1.26 bits per heavy atom. The third-order valence-electron chi connectivity index (χ3n) is 4.23. The number of hydrogen-bond donors (Lipinski definition) is 3. The van der Waals surface area contributed by atoms with Crippen LogP contribution < -0.4 is 16.0 Å². The van der Waals surface area contributed by atoms with E-state index in [0.29, 0.717) is 16.4 Å². The highest BCUT2D eigenvalue weighted by atomic mass is 32.1. The molecular formula is C19H22N4O3S. The fraction of sp³-hybridized carbons (Fsp3) is 0.368. The van der Waals surface area contributed by atoms with E-state index < -0.39 is 6.04 Å². The van der Waals surface area contributed by atoms with E-state index in [2.05, 4.69) is 41.7 Å². The Balaban J connectivity index is 1.58. The van der Waals surface area contributed by atoms with E-state index in [9.17, 15) is 14.4 Å². The predicted molar refractivity (Wildman–Crippen MR) is 105 cm³/mol. The highest BCUT2D eigenvalue weighted by molar-refractivity contribution is 7.13. The SMILES string of the molecule is CC(C)(C)c1csc(NC(=O)CC[C@@H]2NC(=O)c3ccccc3NC2=O)n1. The van der Waals surface area contributed by atoms with Crippen molar-refractivity contribution in [2.75, 3.05) is 10.6 Å². The lowest BCUT2D eigenvalue weighted by atomic mass is 9.93. The van der Waals surface area contributed by atoms with E-state index >= 15 is 0 Å². The van der Waals surface area contributed by atoms with Gasteiger partial charge in [0.1, 0.15) is 6.04 Å². The molecule has 0 fully saturated rings. The van der Waals surface area contributed by atoms with Crippen molar-refractivity contribution in [2.24, 2.45) is 0 Å². The van der Waals surface area contributed by atoms with Gasteiger partial charge in [-0.25, -0.2) is 4.98 Å². The second kappa shape index (κ2) is 7.48. The summed E-state index contributed by atoms with van der Waals surface area (Å²) >= 11 is 1.37. The average molecular weight is 386 g/mol. The molecule has 0 spiro atoms. The zero-order chi connectivity index (χ0) is 19.6. The Bertz CT molecular complexity index is 885. The third kappa shape index (κ3) is 4.51. The highest BCUT2D eigenvalue weighted by Gasteiger charge is 2.28. The molecule has 1 aliphatic rings. The first kappa shape index (κ1) is 19.0. The number of thiazole rings is 1. The summed E-state index contributed by atoms with van der Waals surface area (Å²) in [6.45, 7) is 6.16. The maximum Gasteiger partial charge on any atom is 0.254 e. The number of fused-ring (bicyclic) bond motifs is 1. The Labute approximate surface area is 161 Å². The molecule has 7 nitrogen and oxygen atoms in total. The molecule has 8 heteroatoms.